The number of hydrogen-bond acceptors (Lipinski definition) is 2. The van der Waals surface area contributed by atoms with E-state index < -0.39 is 0 Å². The van der Waals surface area contributed by atoms with Gasteiger partial charge in [0.1, 0.15) is 5.75 Å². The number of ether oxygens (including phenoxy) is 1. The monoisotopic (exact) mass is 343 g/mol. The first kappa shape index (κ1) is 16.3. The molecule has 0 unspecified atom stereocenters. The third kappa shape index (κ3) is 4.44. The van der Waals surface area contributed by atoms with Crippen LogP contribution in [0.4, 0.5) is 5.69 Å². The molecule has 0 spiro atoms. The Morgan fingerprint density at radius 2 is 1.67 bits per heavy atom. The van der Waals surface area contributed by atoms with Crippen molar-refractivity contribution in [3.63, 3.8) is 0 Å². The molecule has 0 amide bonds. The number of anilines is 1. The topological polar surface area (TPSA) is 21.3 Å². The largest absolute Gasteiger partial charge is 0.489 e. The molecule has 0 saturated heterocycles. The highest BCUT2D eigenvalue weighted by atomic mass is 35.5. The van der Waals surface area contributed by atoms with Crippen LogP contribution in [0.1, 0.15) is 19.4 Å². The molecule has 5 heteroatoms. The lowest BCUT2D eigenvalue weighted by Gasteiger charge is -2.14. The molecule has 0 aromatic heterocycles. The van der Waals surface area contributed by atoms with Crippen molar-refractivity contribution in [1.82, 2.24) is 0 Å². The van der Waals surface area contributed by atoms with Gasteiger partial charge in [-0.2, -0.15) is 0 Å². The van der Waals surface area contributed by atoms with Crippen LogP contribution in [0.15, 0.2) is 36.4 Å². The molecule has 2 nitrogen and oxygen atoms in total. The highest BCUT2D eigenvalue weighted by Gasteiger charge is 2.07. The average molecular weight is 345 g/mol. The number of halogens is 3. The van der Waals surface area contributed by atoms with Crippen LogP contribution in [0, 0.1) is 0 Å². The predicted octanol–water partition coefficient (Wildman–Crippen LogP) is 6.05. The van der Waals surface area contributed by atoms with Crippen molar-refractivity contribution >= 4 is 40.5 Å². The second-order valence-corrected chi connectivity index (χ2v) is 6.09. The Labute approximate surface area is 140 Å². The third-order valence-electron chi connectivity index (χ3n) is 2.83. The van der Waals surface area contributed by atoms with Crippen molar-refractivity contribution in [3.8, 4) is 5.75 Å². The van der Waals surface area contributed by atoms with Gasteiger partial charge in [0, 0.05) is 27.8 Å². The van der Waals surface area contributed by atoms with E-state index in [1.807, 2.05) is 50.2 Å². The van der Waals surface area contributed by atoms with Crippen molar-refractivity contribution in [3.05, 3.63) is 57.0 Å². The molecule has 0 bridgehead atoms. The molecule has 0 atom stereocenters. The smallest absolute Gasteiger partial charge is 0.138 e. The van der Waals surface area contributed by atoms with Crippen LogP contribution >= 0.6 is 34.8 Å². The average Bonchev–Trinajstić information content (AvgIpc) is 2.41. The highest BCUT2D eigenvalue weighted by molar-refractivity contribution is 6.36. The Bertz CT molecular complexity index is 609. The minimum atomic E-state index is 0.0863. The van der Waals surface area contributed by atoms with Crippen LogP contribution in [-0.2, 0) is 6.54 Å². The standard InChI is InChI=1S/C16H16Cl3NO/c1-10(2)21-16-7-6-11(8-15(16)19)20-9-12-13(17)4-3-5-14(12)18/h3-8,10,20H,9H2,1-2H3. The van der Waals surface area contributed by atoms with Crippen LogP contribution in [-0.4, -0.2) is 6.10 Å². The fraction of sp³-hybridized carbons (Fsp3) is 0.250. The second kappa shape index (κ2) is 7.26. The lowest BCUT2D eigenvalue weighted by molar-refractivity contribution is 0.242. The summed E-state index contributed by atoms with van der Waals surface area (Å²) in [7, 11) is 0. The van der Waals surface area contributed by atoms with E-state index >= 15 is 0 Å². The van der Waals surface area contributed by atoms with Gasteiger partial charge in [0.15, 0.2) is 0 Å². The summed E-state index contributed by atoms with van der Waals surface area (Å²) in [5.41, 5.74) is 1.74. The molecular weight excluding hydrogens is 329 g/mol. The Balaban J connectivity index is 2.09. The summed E-state index contributed by atoms with van der Waals surface area (Å²) in [4.78, 5) is 0. The van der Waals surface area contributed by atoms with E-state index in [0.717, 1.165) is 11.3 Å². The van der Waals surface area contributed by atoms with Gasteiger partial charge in [0.05, 0.1) is 11.1 Å². The summed E-state index contributed by atoms with van der Waals surface area (Å²) in [5.74, 6) is 0.674. The maximum Gasteiger partial charge on any atom is 0.138 e. The van der Waals surface area contributed by atoms with Gasteiger partial charge in [0.25, 0.3) is 0 Å². The van der Waals surface area contributed by atoms with Crippen LogP contribution in [0.25, 0.3) is 0 Å². The summed E-state index contributed by atoms with van der Waals surface area (Å²) >= 11 is 18.5. The Morgan fingerprint density at radius 3 is 2.24 bits per heavy atom. The van der Waals surface area contributed by atoms with Gasteiger partial charge >= 0.3 is 0 Å². The molecule has 21 heavy (non-hydrogen) atoms. The third-order valence-corrected chi connectivity index (χ3v) is 3.83. The lowest BCUT2D eigenvalue weighted by Crippen LogP contribution is -2.06. The van der Waals surface area contributed by atoms with Crippen LogP contribution in [0.2, 0.25) is 15.1 Å². The molecule has 2 rings (SSSR count). The Morgan fingerprint density at radius 1 is 1.00 bits per heavy atom. The van der Waals surface area contributed by atoms with E-state index in [4.69, 9.17) is 39.5 Å². The molecule has 0 fully saturated rings. The molecule has 0 heterocycles. The van der Waals surface area contributed by atoms with Crippen LogP contribution < -0.4 is 10.1 Å². The fourth-order valence-corrected chi connectivity index (χ4v) is 2.61. The SMILES string of the molecule is CC(C)Oc1ccc(NCc2c(Cl)cccc2Cl)cc1Cl. The maximum absolute atomic E-state index is 6.20. The number of hydrogen-bond donors (Lipinski definition) is 1. The molecule has 2 aromatic carbocycles. The van der Waals surface area contributed by atoms with Crippen molar-refractivity contribution in [2.24, 2.45) is 0 Å². The van der Waals surface area contributed by atoms with Gasteiger partial charge in [-0.25, -0.2) is 0 Å². The second-order valence-electron chi connectivity index (χ2n) is 4.87. The highest BCUT2D eigenvalue weighted by Crippen LogP contribution is 2.30. The van der Waals surface area contributed by atoms with Crippen LogP contribution in [0.5, 0.6) is 5.75 Å². The maximum atomic E-state index is 6.20. The summed E-state index contributed by atoms with van der Waals surface area (Å²) in [6, 6.07) is 11.0. The molecule has 0 aliphatic rings. The lowest BCUT2D eigenvalue weighted by atomic mass is 10.2. The first-order valence-electron chi connectivity index (χ1n) is 6.60. The minimum Gasteiger partial charge on any atom is -0.489 e. The van der Waals surface area contributed by atoms with Crippen molar-refractivity contribution in [1.29, 1.82) is 0 Å². The van der Waals surface area contributed by atoms with Crippen molar-refractivity contribution in [2.45, 2.75) is 26.5 Å². The van der Waals surface area contributed by atoms with E-state index in [1.165, 1.54) is 0 Å². The van der Waals surface area contributed by atoms with E-state index in [2.05, 4.69) is 5.32 Å². The number of nitrogens with one attached hydrogen (secondary N) is 1. The zero-order chi connectivity index (χ0) is 15.4. The zero-order valence-electron chi connectivity index (χ0n) is 11.8. The summed E-state index contributed by atoms with van der Waals surface area (Å²) in [6.45, 7) is 4.45. The van der Waals surface area contributed by atoms with E-state index in [0.29, 0.717) is 27.4 Å². The molecule has 112 valence electrons. The molecule has 0 aliphatic heterocycles. The molecule has 2 aromatic rings. The molecule has 0 aliphatic carbocycles. The summed E-state index contributed by atoms with van der Waals surface area (Å²) < 4.78 is 5.60. The van der Waals surface area contributed by atoms with Gasteiger partial charge in [-0.3, -0.25) is 0 Å². The quantitative estimate of drug-likeness (QED) is 0.713. The van der Waals surface area contributed by atoms with Gasteiger partial charge in [-0.1, -0.05) is 40.9 Å². The Hall–Kier alpha value is -1.09. The first-order chi connectivity index (χ1) is 9.97. The van der Waals surface area contributed by atoms with Crippen molar-refractivity contribution < 1.29 is 4.74 Å². The van der Waals surface area contributed by atoms with E-state index in [-0.39, 0.29) is 6.10 Å². The summed E-state index contributed by atoms with van der Waals surface area (Å²) in [6.07, 6.45) is 0.0863. The minimum absolute atomic E-state index is 0.0863. The summed E-state index contributed by atoms with van der Waals surface area (Å²) in [5, 5.41) is 5.10. The van der Waals surface area contributed by atoms with Crippen LogP contribution in [0.3, 0.4) is 0 Å². The molecular formula is C16H16Cl3NO. The Kier molecular flexibility index (Phi) is 5.63. The molecule has 0 saturated carbocycles. The van der Waals surface area contributed by atoms with Gasteiger partial charge in [0.2, 0.25) is 0 Å². The van der Waals surface area contributed by atoms with E-state index in [1.54, 1.807) is 0 Å². The number of rotatable bonds is 5. The first-order valence-corrected chi connectivity index (χ1v) is 7.73. The normalized spacial score (nSPS) is 10.8. The zero-order valence-corrected chi connectivity index (χ0v) is 14.1. The fourth-order valence-electron chi connectivity index (χ4n) is 1.85. The molecule has 0 radical (unpaired) electrons. The van der Waals surface area contributed by atoms with Gasteiger partial charge in [-0.05, 0) is 44.2 Å². The molecule has 1 N–H and O–H groups in total. The number of benzene rings is 2. The van der Waals surface area contributed by atoms with Crippen molar-refractivity contribution in [2.75, 3.05) is 5.32 Å². The predicted molar refractivity (Wildman–Crippen MR) is 91.0 cm³/mol. The van der Waals surface area contributed by atoms with Gasteiger partial charge < -0.3 is 10.1 Å². The van der Waals surface area contributed by atoms with Gasteiger partial charge in [-0.15, -0.1) is 0 Å². The van der Waals surface area contributed by atoms with E-state index in [9.17, 15) is 0 Å².